The molecule has 4 aromatic carbocycles. The molecule has 19 heteroatoms. The maximum absolute atomic E-state index is 12.8. The van der Waals surface area contributed by atoms with E-state index < -0.39 is 36.1 Å². The quantitative estimate of drug-likeness (QED) is 0.130. The average molecular weight is 685 g/mol. The van der Waals surface area contributed by atoms with Crippen LogP contribution < -0.4 is 79.2 Å². The van der Waals surface area contributed by atoms with Crippen LogP contribution in [0.3, 0.4) is 0 Å². The maximum Gasteiger partial charge on any atom is 1.00 e. The number of rotatable bonds is 10. The first kappa shape index (κ1) is 39.0. The fraction of sp³-hybridized carbons (Fsp3) is 0.0741. The number of anilines is 2. The van der Waals surface area contributed by atoms with Crippen molar-refractivity contribution >= 4 is 60.4 Å². The standard InChI is InChI=1S/C27H24N6O9S2.2Na/c1-41-25-15-19(32-30-17-5-3-7-21(13-17)43(35,36)37)9-11-23(25)28-27(34)29-24-12-10-20(16-26(24)42-2)33-31-18-6-4-8-22(14-18)44(38,39)40;;/h3-16H,1-2H3,(H2,28,29,34)(H,35,36,37)(H,38,39,40);;/q;2*+1/p-2. The van der Waals surface area contributed by atoms with Crippen molar-refractivity contribution in [2.24, 2.45) is 20.5 Å². The number of urea groups is 1. The van der Waals surface area contributed by atoms with Crippen molar-refractivity contribution in [1.29, 1.82) is 0 Å². The zero-order valence-corrected chi connectivity index (χ0v) is 30.5. The molecular formula is C27H22N6Na2O9S2. The fourth-order valence-electron chi connectivity index (χ4n) is 3.60. The van der Waals surface area contributed by atoms with Crippen molar-refractivity contribution in [3.05, 3.63) is 84.9 Å². The van der Waals surface area contributed by atoms with Crippen LogP contribution in [-0.2, 0) is 20.2 Å². The molecule has 0 spiro atoms. The molecule has 46 heavy (non-hydrogen) atoms. The molecule has 0 aliphatic carbocycles. The van der Waals surface area contributed by atoms with Gasteiger partial charge in [0.2, 0.25) is 0 Å². The summed E-state index contributed by atoms with van der Waals surface area (Å²) in [4.78, 5) is 11.9. The zero-order valence-electron chi connectivity index (χ0n) is 24.9. The summed E-state index contributed by atoms with van der Waals surface area (Å²) in [6.45, 7) is 0. The number of nitrogens with zero attached hydrogens (tertiary/aromatic N) is 4. The number of methoxy groups -OCH3 is 2. The fourth-order valence-corrected chi connectivity index (χ4v) is 4.62. The van der Waals surface area contributed by atoms with Gasteiger partial charge in [0.1, 0.15) is 31.7 Å². The molecule has 0 heterocycles. The second-order valence-corrected chi connectivity index (χ2v) is 11.4. The van der Waals surface area contributed by atoms with E-state index in [2.05, 4.69) is 31.1 Å². The number of amides is 2. The van der Waals surface area contributed by atoms with Crippen LogP contribution in [0.4, 0.5) is 38.9 Å². The van der Waals surface area contributed by atoms with Gasteiger partial charge in [-0.2, -0.15) is 20.5 Å². The predicted molar refractivity (Wildman–Crippen MR) is 156 cm³/mol. The number of hydrogen-bond acceptors (Lipinski definition) is 13. The van der Waals surface area contributed by atoms with Gasteiger partial charge in [-0.3, -0.25) is 0 Å². The Bertz CT molecular complexity index is 1850. The Kier molecular flexibility index (Phi) is 14.5. The molecule has 0 saturated heterocycles. The van der Waals surface area contributed by atoms with Gasteiger partial charge < -0.3 is 29.2 Å². The van der Waals surface area contributed by atoms with Crippen LogP contribution >= 0.6 is 0 Å². The van der Waals surface area contributed by atoms with E-state index in [4.69, 9.17) is 9.47 Å². The van der Waals surface area contributed by atoms with E-state index in [0.29, 0.717) is 11.4 Å². The number of benzene rings is 4. The Morgan fingerprint density at radius 2 is 0.935 bits per heavy atom. The van der Waals surface area contributed by atoms with Gasteiger partial charge in [0.25, 0.3) is 0 Å². The molecule has 0 radical (unpaired) electrons. The minimum Gasteiger partial charge on any atom is -0.744 e. The molecule has 0 fully saturated rings. The monoisotopic (exact) mass is 684 g/mol. The minimum atomic E-state index is -4.64. The first-order valence-electron chi connectivity index (χ1n) is 12.3. The first-order chi connectivity index (χ1) is 20.9. The third-order valence-corrected chi connectivity index (χ3v) is 7.30. The zero-order chi connectivity index (χ0) is 31.9. The van der Waals surface area contributed by atoms with Gasteiger partial charge in [-0.25, -0.2) is 21.6 Å². The van der Waals surface area contributed by atoms with Gasteiger partial charge in [0.05, 0.1) is 58.1 Å². The third-order valence-electron chi connectivity index (χ3n) is 5.64. The van der Waals surface area contributed by atoms with Crippen molar-refractivity contribution in [3.8, 4) is 11.5 Å². The Morgan fingerprint density at radius 1 is 0.587 bits per heavy atom. The van der Waals surface area contributed by atoms with Gasteiger partial charge in [0.15, 0.2) is 0 Å². The average Bonchev–Trinajstić information content (AvgIpc) is 2.99. The molecule has 4 aromatic rings. The SMILES string of the molecule is COc1cc(N=Nc2cccc(S(=O)(=O)[O-])c2)ccc1NC(=O)Nc1ccc(N=Nc2cccc(S(=O)(=O)[O-])c2)cc1OC.[Na+].[Na+]. The number of azo groups is 2. The summed E-state index contributed by atoms with van der Waals surface area (Å²) in [5.41, 5.74) is 1.50. The maximum atomic E-state index is 12.8. The molecular weight excluding hydrogens is 662 g/mol. The van der Waals surface area contributed by atoms with Crippen LogP contribution in [0.25, 0.3) is 0 Å². The molecule has 0 atom stereocenters. The molecule has 2 amide bonds. The van der Waals surface area contributed by atoms with Crippen LogP contribution in [0.15, 0.2) is 115 Å². The predicted octanol–water partition coefficient (Wildman–Crippen LogP) is -0.00520. The molecule has 4 rings (SSSR count). The summed E-state index contributed by atoms with van der Waals surface area (Å²) in [5, 5.41) is 21.2. The van der Waals surface area contributed by atoms with Crippen molar-refractivity contribution in [2.75, 3.05) is 24.9 Å². The first-order valence-corrected chi connectivity index (χ1v) is 15.1. The molecule has 0 saturated carbocycles. The van der Waals surface area contributed by atoms with Crippen LogP contribution in [0.5, 0.6) is 11.5 Å². The Hall–Kier alpha value is -3.23. The topological polar surface area (TPSA) is 223 Å². The molecule has 0 bridgehead atoms. The molecule has 2 N–H and O–H groups in total. The number of hydrogen-bond donors (Lipinski definition) is 2. The summed E-state index contributed by atoms with van der Waals surface area (Å²) in [7, 11) is -6.52. The molecule has 228 valence electrons. The molecule has 0 aliphatic heterocycles. The smallest absolute Gasteiger partial charge is 0.744 e. The van der Waals surface area contributed by atoms with Crippen molar-refractivity contribution in [3.63, 3.8) is 0 Å². The summed E-state index contributed by atoms with van der Waals surface area (Å²) in [6, 6.07) is 18.6. The van der Waals surface area contributed by atoms with E-state index in [1.54, 1.807) is 0 Å². The van der Waals surface area contributed by atoms with Gasteiger partial charge in [-0.1, -0.05) is 12.1 Å². The van der Waals surface area contributed by atoms with Gasteiger partial charge in [-0.05, 0) is 60.7 Å². The van der Waals surface area contributed by atoms with E-state index >= 15 is 0 Å². The van der Waals surface area contributed by atoms with E-state index in [1.807, 2.05) is 0 Å². The summed E-state index contributed by atoms with van der Waals surface area (Å²) < 4.78 is 78.0. The van der Waals surface area contributed by atoms with Crippen LogP contribution in [0.1, 0.15) is 0 Å². The van der Waals surface area contributed by atoms with Gasteiger partial charge >= 0.3 is 65.1 Å². The van der Waals surface area contributed by atoms with Crippen LogP contribution in [-0.4, -0.2) is 46.2 Å². The Morgan fingerprint density at radius 3 is 1.26 bits per heavy atom. The van der Waals surface area contributed by atoms with Gasteiger partial charge in [0, 0.05) is 12.1 Å². The van der Waals surface area contributed by atoms with Crippen molar-refractivity contribution < 1.29 is 99.3 Å². The van der Waals surface area contributed by atoms with E-state index in [0.717, 1.165) is 24.3 Å². The molecule has 0 unspecified atom stereocenters. The van der Waals surface area contributed by atoms with Crippen molar-refractivity contribution in [1.82, 2.24) is 0 Å². The van der Waals surface area contributed by atoms with Crippen LogP contribution in [0.2, 0.25) is 0 Å². The Balaban J connectivity index is 0.00000368. The number of nitrogens with one attached hydrogen (secondary N) is 2. The second kappa shape index (κ2) is 17.1. The minimum absolute atomic E-state index is 0. The van der Waals surface area contributed by atoms with Crippen LogP contribution in [0, 0.1) is 0 Å². The molecule has 0 aliphatic rings. The molecule has 0 aromatic heterocycles. The van der Waals surface area contributed by atoms with E-state index in [1.165, 1.54) is 74.9 Å². The molecule has 15 nitrogen and oxygen atoms in total. The summed E-state index contributed by atoms with van der Waals surface area (Å²) >= 11 is 0. The largest absolute Gasteiger partial charge is 1.00 e. The second-order valence-electron chi connectivity index (χ2n) is 8.65. The van der Waals surface area contributed by atoms with E-state index in [9.17, 15) is 30.7 Å². The number of ether oxygens (including phenoxy) is 2. The normalized spacial score (nSPS) is 11.4. The van der Waals surface area contributed by atoms with E-state index in [-0.39, 0.29) is 93.4 Å². The van der Waals surface area contributed by atoms with Gasteiger partial charge in [-0.15, -0.1) is 0 Å². The van der Waals surface area contributed by atoms with Crippen molar-refractivity contribution in [2.45, 2.75) is 9.79 Å². The summed E-state index contributed by atoms with van der Waals surface area (Å²) in [6.07, 6.45) is 0. The number of carbonyl (C=O) groups is 1. The Labute approximate surface area is 308 Å². The summed E-state index contributed by atoms with van der Waals surface area (Å²) in [5.74, 6) is 0.480. The number of carbonyl (C=O) groups excluding carboxylic acids is 1. The third kappa shape index (κ3) is 10.9.